The quantitative estimate of drug-likeness (QED) is 0.598. The second-order valence-corrected chi connectivity index (χ2v) is 6.77. The van der Waals surface area contributed by atoms with Crippen LogP contribution in [0.25, 0.3) is 0 Å². The smallest absolute Gasteiger partial charge is 0.142 e. The topological polar surface area (TPSA) is 55.2 Å². The molecule has 27 heavy (non-hydrogen) atoms. The van der Waals surface area contributed by atoms with Gasteiger partial charge < -0.3 is 15.0 Å². The van der Waals surface area contributed by atoms with Crippen molar-refractivity contribution in [2.24, 2.45) is 0 Å². The number of nitrogens with one attached hydrogen (secondary N) is 1. The normalized spacial score (nSPS) is 11.1. The van der Waals surface area contributed by atoms with Crippen molar-refractivity contribution in [2.75, 3.05) is 27.2 Å². The maximum atomic E-state index is 5.86. The fraction of sp³-hybridized carbons (Fsp3) is 0.333. The van der Waals surface area contributed by atoms with E-state index in [9.17, 15) is 0 Å². The van der Waals surface area contributed by atoms with Gasteiger partial charge in [0.1, 0.15) is 12.4 Å². The average Bonchev–Trinajstić information content (AvgIpc) is 3.11. The molecule has 0 unspecified atom stereocenters. The first-order chi connectivity index (χ1) is 13.2. The molecular weight excluding hydrogens is 338 g/mol. The Morgan fingerprint density at radius 1 is 1.04 bits per heavy atom. The summed E-state index contributed by atoms with van der Waals surface area (Å²) in [6.07, 6.45) is 7.58. The molecule has 0 atom stereocenters. The molecule has 0 bridgehead atoms. The third kappa shape index (κ3) is 6.20. The highest BCUT2D eigenvalue weighted by Gasteiger charge is 2.05. The van der Waals surface area contributed by atoms with Crippen molar-refractivity contribution >= 4 is 0 Å². The zero-order chi connectivity index (χ0) is 18.9. The average molecular weight is 365 g/mol. The lowest BCUT2D eigenvalue weighted by Gasteiger charge is -2.13. The van der Waals surface area contributed by atoms with Crippen molar-refractivity contribution in [3.63, 3.8) is 0 Å². The summed E-state index contributed by atoms with van der Waals surface area (Å²) in [5, 5.41) is 7.91. The van der Waals surface area contributed by atoms with Gasteiger partial charge in [0.05, 0.1) is 18.9 Å². The monoisotopic (exact) mass is 365 g/mol. The van der Waals surface area contributed by atoms with Gasteiger partial charge in [0.15, 0.2) is 0 Å². The summed E-state index contributed by atoms with van der Waals surface area (Å²) < 4.78 is 7.83. The second kappa shape index (κ2) is 9.85. The van der Waals surface area contributed by atoms with Crippen molar-refractivity contribution in [3.05, 3.63) is 77.9 Å². The van der Waals surface area contributed by atoms with Crippen LogP contribution in [0.1, 0.15) is 16.7 Å². The first kappa shape index (κ1) is 19.1. The molecule has 0 saturated heterocycles. The zero-order valence-electron chi connectivity index (χ0n) is 16.0. The summed E-state index contributed by atoms with van der Waals surface area (Å²) in [7, 11) is 4.07. The molecule has 0 radical (unpaired) electrons. The maximum Gasteiger partial charge on any atom is 0.142 e. The minimum Gasteiger partial charge on any atom is -0.490 e. The lowest BCUT2D eigenvalue weighted by Crippen LogP contribution is -2.20. The third-order valence-electron chi connectivity index (χ3n) is 4.18. The van der Waals surface area contributed by atoms with Gasteiger partial charge >= 0.3 is 0 Å². The summed E-state index contributed by atoms with van der Waals surface area (Å²) in [6.45, 7) is 3.80. The predicted octanol–water partition coefficient (Wildman–Crippen LogP) is 2.56. The number of pyridine rings is 1. The van der Waals surface area contributed by atoms with Gasteiger partial charge in [-0.3, -0.25) is 9.67 Å². The van der Waals surface area contributed by atoms with Crippen molar-refractivity contribution in [3.8, 4) is 5.75 Å². The number of hydrogen-bond acceptors (Lipinski definition) is 5. The van der Waals surface area contributed by atoms with E-state index in [0.717, 1.165) is 43.1 Å². The molecule has 0 saturated carbocycles. The van der Waals surface area contributed by atoms with Gasteiger partial charge in [-0.2, -0.15) is 5.10 Å². The molecular formula is C21H27N5O. The van der Waals surface area contributed by atoms with Gasteiger partial charge in [-0.1, -0.05) is 30.3 Å². The van der Waals surface area contributed by atoms with Crippen LogP contribution in [0.3, 0.4) is 0 Å². The zero-order valence-corrected chi connectivity index (χ0v) is 16.0. The molecule has 3 rings (SSSR count). The van der Waals surface area contributed by atoms with Gasteiger partial charge in [0.25, 0.3) is 0 Å². The molecule has 6 heteroatoms. The standard InChI is InChI=1S/C21H27N5O/c1-25(2)10-11-27-21-15-22-9-8-20(21)14-23-12-19-13-24-26(17-19)16-18-6-4-3-5-7-18/h3-9,13,15,17,23H,10-12,14,16H2,1-2H3. The lowest BCUT2D eigenvalue weighted by atomic mass is 10.2. The van der Waals surface area contributed by atoms with Gasteiger partial charge in [-0.25, -0.2) is 0 Å². The minimum atomic E-state index is 0.651. The van der Waals surface area contributed by atoms with E-state index in [1.807, 2.05) is 49.2 Å². The van der Waals surface area contributed by atoms with Crippen LogP contribution in [0.2, 0.25) is 0 Å². The summed E-state index contributed by atoms with van der Waals surface area (Å²) in [6, 6.07) is 12.3. The summed E-state index contributed by atoms with van der Waals surface area (Å²) in [4.78, 5) is 6.27. The van der Waals surface area contributed by atoms with Crippen LogP contribution < -0.4 is 10.1 Å². The van der Waals surface area contributed by atoms with E-state index in [2.05, 4.69) is 38.6 Å². The van der Waals surface area contributed by atoms with Crippen molar-refractivity contribution < 1.29 is 4.74 Å². The van der Waals surface area contributed by atoms with Crippen LogP contribution in [0.5, 0.6) is 5.75 Å². The fourth-order valence-electron chi connectivity index (χ4n) is 2.72. The molecule has 0 aliphatic carbocycles. The van der Waals surface area contributed by atoms with Crippen molar-refractivity contribution in [1.29, 1.82) is 0 Å². The van der Waals surface area contributed by atoms with Crippen molar-refractivity contribution in [1.82, 2.24) is 25.0 Å². The van der Waals surface area contributed by atoms with Gasteiger partial charge in [0, 0.05) is 43.2 Å². The number of benzene rings is 1. The molecule has 0 aliphatic rings. The highest BCUT2D eigenvalue weighted by molar-refractivity contribution is 5.29. The van der Waals surface area contributed by atoms with Gasteiger partial charge in [-0.15, -0.1) is 0 Å². The van der Waals surface area contributed by atoms with Crippen LogP contribution in [-0.4, -0.2) is 46.9 Å². The van der Waals surface area contributed by atoms with E-state index in [0.29, 0.717) is 6.61 Å². The lowest BCUT2D eigenvalue weighted by molar-refractivity contribution is 0.258. The number of ether oxygens (including phenoxy) is 1. The van der Waals surface area contributed by atoms with E-state index in [1.54, 1.807) is 12.4 Å². The van der Waals surface area contributed by atoms with E-state index < -0.39 is 0 Å². The molecule has 142 valence electrons. The van der Waals surface area contributed by atoms with Crippen molar-refractivity contribution in [2.45, 2.75) is 19.6 Å². The highest BCUT2D eigenvalue weighted by Crippen LogP contribution is 2.16. The summed E-state index contributed by atoms with van der Waals surface area (Å²) >= 11 is 0. The maximum absolute atomic E-state index is 5.86. The molecule has 0 aliphatic heterocycles. The van der Waals surface area contributed by atoms with E-state index in [4.69, 9.17) is 4.74 Å². The first-order valence-corrected chi connectivity index (χ1v) is 9.17. The van der Waals surface area contributed by atoms with Crippen LogP contribution in [0.4, 0.5) is 0 Å². The first-order valence-electron chi connectivity index (χ1n) is 9.17. The number of rotatable bonds is 10. The Morgan fingerprint density at radius 2 is 1.89 bits per heavy atom. The molecule has 3 aromatic rings. The molecule has 2 aromatic heterocycles. The van der Waals surface area contributed by atoms with Crippen LogP contribution in [0.15, 0.2) is 61.2 Å². The molecule has 1 aromatic carbocycles. The Kier molecular flexibility index (Phi) is 6.96. The highest BCUT2D eigenvalue weighted by atomic mass is 16.5. The molecule has 0 fully saturated rings. The largest absolute Gasteiger partial charge is 0.490 e. The Morgan fingerprint density at radius 3 is 2.70 bits per heavy atom. The van der Waals surface area contributed by atoms with Crippen LogP contribution in [0, 0.1) is 0 Å². The van der Waals surface area contributed by atoms with E-state index in [-0.39, 0.29) is 0 Å². The van der Waals surface area contributed by atoms with E-state index >= 15 is 0 Å². The predicted molar refractivity (Wildman–Crippen MR) is 107 cm³/mol. The molecule has 0 spiro atoms. The Hall–Kier alpha value is -2.70. The van der Waals surface area contributed by atoms with Gasteiger partial charge in [-0.05, 0) is 25.7 Å². The number of hydrogen-bond donors (Lipinski definition) is 1. The summed E-state index contributed by atoms with van der Waals surface area (Å²) in [5.41, 5.74) is 3.52. The minimum absolute atomic E-state index is 0.651. The Bertz CT molecular complexity index is 816. The Labute approximate surface area is 160 Å². The second-order valence-electron chi connectivity index (χ2n) is 6.77. The molecule has 0 amide bonds. The molecule has 1 N–H and O–H groups in total. The number of likely N-dealkylation sites (N-methyl/N-ethyl adjacent to an activating group) is 1. The number of aromatic nitrogens is 3. The van der Waals surface area contributed by atoms with Crippen LogP contribution >= 0.6 is 0 Å². The molecule has 2 heterocycles. The third-order valence-corrected chi connectivity index (χ3v) is 4.18. The fourth-order valence-corrected chi connectivity index (χ4v) is 2.72. The Balaban J connectivity index is 1.49. The number of nitrogens with zero attached hydrogens (tertiary/aromatic N) is 4. The van der Waals surface area contributed by atoms with Gasteiger partial charge in [0.2, 0.25) is 0 Å². The summed E-state index contributed by atoms with van der Waals surface area (Å²) in [5.74, 6) is 0.839. The van der Waals surface area contributed by atoms with Crippen LogP contribution in [-0.2, 0) is 19.6 Å². The SMILES string of the molecule is CN(C)CCOc1cnccc1CNCc1cnn(Cc2ccccc2)c1. The molecule has 6 nitrogen and oxygen atoms in total. The van der Waals surface area contributed by atoms with E-state index in [1.165, 1.54) is 5.56 Å².